The molecule has 0 unspecified atom stereocenters. The van der Waals surface area contributed by atoms with Crippen molar-refractivity contribution in [1.29, 1.82) is 0 Å². The summed E-state index contributed by atoms with van der Waals surface area (Å²) in [5.41, 5.74) is 17.2. The van der Waals surface area contributed by atoms with Gasteiger partial charge in [-0.2, -0.15) is 0 Å². The standard InChI is InChI=1S/C46H36N2/c1-29-20-30(2)23-33(22-29)35-26-36(34-24-31(3)21-32(4)25-34)28-38(27-35)48-44-17-11-9-15-40(44)42-19-18-41-39-14-8-10-16-43(39)47(45(41)46(42)48)37-12-6-5-7-13-37/h5-28H,1-4H3. The van der Waals surface area contributed by atoms with Crippen molar-refractivity contribution in [3.8, 4) is 33.6 Å². The number of aromatic nitrogens is 2. The number of aryl methyl sites for hydroxylation is 4. The zero-order valence-electron chi connectivity index (χ0n) is 27.8. The topological polar surface area (TPSA) is 9.86 Å². The maximum Gasteiger partial charge on any atom is 0.0788 e. The Kier molecular flexibility index (Phi) is 6.42. The summed E-state index contributed by atoms with van der Waals surface area (Å²) in [6.45, 7) is 8.77. The molecule has 0 bridgehead atoms. The van der Waals surface area contributed by atoms with Gasteiger partial charge in [0, 0.05) is 32.9 Å². The van der Waals surface area contributed by atoms with Crippen molar-refractivity contribution in [2.45, 2.75) is 27.7 Å². The fraction of sp³-hybridized carbons (Fsp3) is 0.0870. The van der Waals surface area contributed by atoms with Gasteiger partial charge in [-0.3, -0.25) is 0 Å². The van der Waals surface area contributed by atoms with Crippen molar-refractivity contribution >= 4 is 43.6 Å². The minimum Gasteiger partial charge on any atom is -0.307 e. The number of rotatable bonds is 4. The van der Waals surface area contributed by atoms with E-state index in [2.05, 4.69) is 182 Å². The Bertz CT molecular complexity index is 2590. The van der Waals surface area contributed by atoms with Crippen LogP contribution in [0.2, 0.25) is 0 Å². The Morgan fingerprint density at radius 1 is 0.312 bits per heavy atom. The van der Waals surface area contributed by atoms with Crippen LogP contribution in [0.3, 0.4) is 0 Å². The van der Waals surface area contributed by atoms with E-state index >= 15 is 0 Å². The van der Waals surface area contributed by atoms with Crippen LogP contribution in [0, 0.1) is 27.7 Å². The molecule has 2 aromatic heterocycles. The second kappa shape index (κ2) is 10.9. The van der Waals surface area contributed by atoms with Gasteiger partial charge in [-0.1, -0.05) is 125 Å². The molecule has 230 valence electrons. The average Bonchev–Trinajstić information content (AvgIpc) is 3.61. The van der Waals surface area contributed by atoms with E-state index in [0.717, 1.165) is 11.4 Å². The van der Waals surface area contributed by atoms with Crippen molar-refractivity contribution in [3.05, 3.63) is 168 Å². The molecule has 48 heavy (non-hydrogen) atoms. The minimum absolute atomic E-state index is 1.16. The molecule has 0 saturated heterocycles. The van der Waals surface area contributed by atoms with Crippen LogP contribution in [0.4, 0.5) is 0 Å². The van der Waals surface area contributed by atoms with E-state index in [-0.39, 0.29) is 0 Å². The van der Waals surface area contributed by atoms with Crippen molar-refractivity contribution in [3.63, 3.8) is 0 Å². The smallest absolute Gasteiger partial charge is 0.0788 e. The van der Waals surface area contributed by atoms with Gasteiger partial charge in [0.1, 0.15) is 0 Å². The first kappa shape index (κ1) is 28.4. The summed E-state index contributed by atoms with van der Waals surface area (Å²) >= 11 is 0. The summed E-state index contributed by atoms with van der Waals surface area (Å²) in [5, 5.41) is 5.02. The SMILES string of the molecule is Cc1cc(C)cc(-c2cc(-c3cc(C)cc(C)c3)cc(-n3c4ccccc4c4ccc5c6ccccc6n(-c6ccccc6)c5c43)c2)c1. The molecule has 0 radical (unpaired) electrons. The lowest BCUT2D eigenvalue weighted by molar-refractivity contribution is 1.15. The van der Waals surface area contributed by atoms with Gasteiger partial charge >= 0.3 is 0 Å². The van der Waals surface area contributed by atoms with E-state index in [1.165, 1.54) is 88.1 Å². The molecule has 9 aromatic rings. The molecule has 0 amide bonds. The van der Waals surface area contributed by atoms with E-state index in [1.54, 1.807) is 0 Å². The Hall–Kier alpha value is -5.86. The predicted molar refractivity (Wildman–Crippen MR) is 205 cm³/mol. The van der Waals surface area contributed by atoms with Gasteiger partial charge in [-0.15, -0.1) is 0 Å². The maximum absolute atomic E-state index is 2.52. The van der Waals surface area contributed by atoms with Gasteiger partial charge in [0.05, 0.1) is 22.1 Å². The Morgan fingerprint density at radius 2 is 0.708 bits per heavy atom. The van der Waals surface area contributed by atoms with Gasteiger partial charge < -0.3 is 9.13 Å². The molecule has 2 heteroatoms. The van der Waals surface area contributed by atoms with Gasteiger partial charge in [-0.05, 0) is 92.4 Å². The molecule has 0 N–H and O–H groups in total. The Labute approximate surface area is 281 Å². The average molecular weight is 617 g/mol. The van der Waals surface area contributed by atoms with E-state index in [4.69, 9.17) is 0 Å². The van der Waals surface area contributed by atoms with Gasteiger partial charge in [0.15, 0.2) is 0 Å². The van der Waals surface area contributed by atoms with E-state index in [0.29, 0.717) is 0 Å². The highest BCUT2D eigenvalue weighted by atomic mass is 15.0. The second-order valence-electron chi connectivity index (χ2n) is 13.4. The van der Waals surface area contributed by atoms with Crippen LogP contribution in [0.15, 0.2) is 146 Å². The van der Waals surface area contributed by atoms with Crippen molar-refractivity contribution in [1.82, 2.24) is 9.13 Å². The van der Waals surface area contributed by atoms with Crippen molar-refractivity contribution in [2.24, 2.45) is 0 Å². The third-order valence-electron chi connectivity index (χ3n) is 9.77. The van der Waals surface area contributed by atoms with Crippen LogP contribution in [0.25, 0.3) is 77.2 Å². The number of nitrogens with zero attached hydrogens (tertiary/aromatic N) is 2. The molecule has 0 atom stereocenters. The summed E-state index contributed by atoms with van der Waals surface area (Å²) in [6.07, 6.45) is 0. The zero-order chi connectivity index (χ0) is 32.5. The van der Waals surface area contributed by atoms with E-state index in [9.17, 15) is 0 Å². The fourth-order valence-electron chi connectivity index (χ4n) is 7.97. The molecule has 9 rings (SSSR count). The molecule has 0 aliphatic carbocycles. The second-order valence-corrected chi connectivity index (χ2v) is 13.4. The highest BCUT2D eigenvalue weighted by Gasteiger charge is 2.21. The van der Waals surface area contributed by atoms with Crippen LogP contribution in [0.5, 0.6) is 0 Å². The third kappa shape index (κ3) is 4.48. The van der Waals surface area contributed by atoms with Crippen molar-refractivity contribution in [2.75, 3.05) is 0 Å². The molecule has 0 saturated carbocycles. The lowest BCUT2D eigenvalue weighted by atomic mass is 9.94. The van der Waals surface area contributed by atoms with Crippen LogP contribution >= 0.6 is 0 Å². The monoisotopic (exact) mass is 616 g/mol. The zero-order valence-corrected chi connectivity index (χ0v) is 27.8. The van der Waals surface area contributed by atoms with Crippen LogP contribution in [-0.4, -0.2) is 9.13 Å². The van der Waals surface area contributed by atoms with Crippen LogP contribution in [-0.2, 0) is 0 Å². The summed E-state index contributed by atoms with van der Waals surface area (Å²) in [5.74, 6) is 0. The number of para-hydroxylation sites is 3. The normalized spacial score (nSPS) is 11.8. The quantitative estimate of drug-likeness (QED) is 0.186. The Balaban J connectivity index is 1.47. The van der Waals surface area contributed by atoms with E-state index < -0.39 is 0 Å². The number of benzene rings is 7. The number of hydrogen-bond acceptors (Lipinski definition) is 0. The molecule has 0 aliphatic rings. The minimum atomic E-state index is 1.16. The summed E-state index contributed by atoms with van der Waals surface area (Å²) in [6, 6.07) is 54.1. The van der Waals surface area contributed by atoms with E-state index in [1.807, 2.05) is 0 Å². The van der Waals surface area contributed by atoms with Gasteiger partial charge in [-0.25, -0.2) is 0 Å². The molecule has 7 aromatic carbocycles. The first-order valence-electron chi connectivity index (χ1n) is 16.8. The molecule has 2 heterocycles. The summed E-state index contributed by atoms with van der Waals surface area (Å²) in [7, 11) is 0. The lowest BCUT2D eigenvalue weighted by Crippen LogP contribution is -1.99. The Morgan fingerprint density at radius 3 is 1.19 bits per heavy atom. The van der Waals surface area contributed by atoms with Crippen LogP contribution < -0.4 is 0 Å². The van der Waals surface area contributed by atoms with Gasteiger partial charge in [0.25, 0.3) is 0 Å². The molecular formula is C46H36N2. The third-order valence-corrected chi connectivity index (χ3v) is 9.77. The first-order chi connectivity index (χ1) is 23.4. The number of fused-ring (bicyclic) bond motifs is 7. The largest absolute Gasteiger partial charge is 0.307 e. The summed E-state index contributed by atoms with van der Waals surface area (Å²) < 4.78 is 4.98. The van der Waals surface area contributed by atoms with Crippen LogP contribution in [0.1, 0.15) is 22.3 Å². The van der Waals surface area contributed by atoms with Crippen molar-refractivity contribution < 1.29 is 0 Å². The first-order valence-corrected chi connectivity index (χ1v) is 16.8. The maximum atomic E-state index is 2.52. The fourth-order valence-corrected chi connectivity index (χ4v) is 7.97. The molecule has 0 spiro atoms. The highest BCUT2D eigenvalue weighted by Crippen LogP contribution is 2.43. The highest BCUT2D eigenvalue weighted by molar-refractivity contribution is 6.23. The lowest BCUT2D eigenvalue weighted by Gasteiger charge is -2.16. The molecule has 0 aliphatic heterocycles. The van der Waals surface area contributed by atoms with Gasteiger partial charge in [0.2, 0.25) is 0 Å². The predicted octanol–water partition coefficient (Wildman–Crippen LogP) is 12.4. The number of hydrogen-bond donors (Lipinski definition) is 0. The molecular weight excluding hydrogens is 581 g/mol. The molecule has 0 fully saturated rings. The summed E-state index contributed by atoms with van der Waals surface area (Å²) in [4.78, 5) is 0. The molecule has 2 nitrogen and oxygen atoms in total.